The number of nitrogens with two attached hydrogens (primary N) is 1. The highest BCUT2D eigenvalue weighted by atomic mass is 35.5. The predicted molar refractivity (Wildman–Crippen MR) is 97.0 cm³/mol. The summed E-state index contributed by atoms with van der Waals surface area (Å²) in [5, 5.41) is 2.44. The van der Waals surface area contributed by atoms with Crippen molar-refractivity contribution in [1.29, 1.82) is 0 Å². The molecule has 0 aliphatic heterocycles. The van der Waals surface area contributed by atoms with Gasteiger partial charge in [-0.05, 0) is 44.0 Å². The number of alkyl halides is 3. The van der Waals surface area contributed by atoms with E-state index < -0.39 is 17.6 Å². The van der Waals surface area contributed by atoms with Gasteiger partial charge in [0, 0.05) is 38.2 Å². The van der Waals surface area contributed by atoms with E-state index in [1.54, 1.807) is 4.90 Å². The van der Waals surface area contributed by atoms with Gasteiger partial charge in [0.05, 0.1) is 5.56 Å². The second-order valence-electron chi connectivity index (χ2n) is 5.59. The summed E-state index contributed by atoms with van der Waals surface area (Å²) in [5.74, 6) is -0.475. The molecule has 0 heterocycles. The normalized spacial score (nSPS) is 10.8. The van der Waals surface area contributed by atoms with Gasteiger partial charge in [-0.15, -0.1) is 12.4 Å². The molecule has 0 aliphatic rings. The van der Waals surface area contributed by atoms with Crippen LogP contribution in [0.5, 0.6) is 0 Å². The lowest BCUT2D eigenvalue weighted by Crippen LogP contribution is -2.30. The standard InChI is InChI=1S/C17H24F3N3O2.ClH/c1-3-23(4-2)16(25)7-5-6-15(24)22-14-9-12(11-21)8-13(10-14)17(18,19)20;/h8-10H,3-7,11,21H2,1-2H3,(H,22,24);1H. The zero-order valence-corrected chi connectivity index (χ0v) is 15.7. The largest absolute Gasteiger partial charge is 0.416 e. The van der Waals surface area contributed by atoms with Crippen LogP contribution in [-0.4, -0.2) is 29.8 Å². The van der Waals surface area contributed by atoms with Crippen molar-refractivity contribution in [3.8, 4) is 0 Å². The molecule has 1 rings (SSSR count). The first kappa shape index (κ1) is 24.2. The summed E-state index contributed by atoms with van der Waals surface area (Å²) in [7, 11) is 0. The van der Waals surface area contributed by atoms with Gasteiger partial charge in [0.1, 0.15) is 0 Å². The van der Waals surface area contributed by atoms with Crippen LogP contribution in [0.25, 0.3) is 0 Å². The molecule has 0 bridgehead atoms. The zero-order valence-electron chi connectivity index (χ0n) is 14.9. The molecule has 0 aromatic heterocycles. The Morgan fingerprint density at radius 1 is 1.12 bits per heavy atom. The summed E-state index contributed by atoms with van der Waals surface area (Å²) >= 11 is 0. The molecule has 9 heteroatoms. The smallest absolute Gasteiger partial charge is 0.343 e. The fourth-order valence-electron chi connectivity index (χ4n) is 2.40. The Hall–Kier alpha value is -1.80. The maximum absolute atomic E-state index is 12.9. The number of anilines is 1. The molecule has 0 unspecified atom stereocenters. The highest BCUT2D eigenvalue weighted by molar-refractivity contribution is 5.91. The van der Waals surface area contributed by atoms with Crippen molar-refractivity contribution in [2.24, 2.45) is 5.73 Å². The molecule has 148 valence electrons. The molecular weight excluding hydrogens is 371 g/mol. The molecule has 26 heavy (non-hydrogen) atoms. The van der Waals surface area contributed by atoms with Crippen LogP contribution in [0.15, 0.2) is 18.2 Å². The molecule has 0 spiro atoms. The quantitative estimate of drug-likeness (QED) is 0.706. The Morgan fingerprint density at radius 2 is 1.73 bits per heavy atom. The van der Waals surface area contributed by atoms with Crippen LogP contribution in [0.2, 0.25) is 0 Å². The minimum absolute atomic E-state index is 0. The second kappa shape index (κ2) is 11.0. The minimum atomic E-state index is -4.51. The summed E-state index contributed by atoms with van der Waals surface area (Å²) in [4.78, 5) is 25.4. The lowest BCUT2D eigenvalue weighted by atomic mass is 10.1. The molecule has 0 fully saturated rings. The molecule has 1 aromatic rings. The van der Waals surface area contributed by atoms with Crippen molar-refractivity contribution in [3.05, 3.63) is 29.3 Å². The van der Waals surface area contributed by atoms with Crippen LogP contribution >= 0.6 is 12.4 Å². The Bertz CT molecular complexity index is 605. The summed E-state index contributed by atoms with van der Waals surface area (Å²) < 4.78 is 38.6. The van der Waals surface area contributed by atoms with Crippen molar-refractivity contribution in [3.63, 3.8) is 0 Å². The van der Waals surface area contributed by atoms with E-state index >= 15 is 0 Å². The van der Waals surface area contributed by atoms with Gasteiger partial charge in [-0.1, -0.05) is 0 Å². The molecule has 0 saturated heterocycles. The van der Waals surface area contributed by atoms with Crippen LogP contribution < -0.4 is 11.1 Å². The van der Waals surface area contributed by atoms with Crippen LogP contribution in [-0.2, 0) is 22.3 Å². The Kier molecular flexibility index (Phi) is 10.3. The Balaban J connectivity index is 0.00000625. The van der Waals surface area contributed by atoms with Crippen LogP contribution in [0.1, 0.15) is 44.2 Å². The van der Waals surface area contributed by atoms with E-state index in [1.807, 2.05) is 13.8 Å². The molecule has 0 radical (unpaired) electrons. The predicted octanol–water partition coefficient (Wildman–Crippen LogP) is 3.56. The van der Waals surface area contributed by atoms with E-state index in [2.05, 4.69) is 5.32 Å². The van der Waals surface area contributed by atoms with Gasteiger partial charge in [0.25, 0.3) is 0 Å². The molecule has 1 aromatic carbocycles. The Labute approximate surface area is 157 Å². The van der Waals surface area contributed by atoms with Gasteiger partial charge in [-0.3, -0.25) is 9.59 Å². The number of halogens is 4. The molecule has 0 saturated carbocycles. The van der Waals surface area contributed by atoms with Crippen molar-refractivity contribution in [1.82, 2.24) is 4.90 Å². The van der Waals surface area contributed by atoms with Gasteiger partial charge in [0.2, 0.25) is 11.8 Å². The first-order valence-corrected chi connectivity index (χ1v) is 8.20. The summed E-state index contributed by atoms with van der Waals surface area (Å²) in [6, 6.07) is 3.24. The van der Waals surface area contributed by atoms with Crippen molar-refractivity contribution in [2.45, 2.75) is 45.8 Å². The lowest BCUT2D eigenvalue weighted by Gasteiger charge is -2.18. The maximum Gasteiger partial charge on any atom is 0.416 e. The molecule has 3 N–H and O–H groups in total. The lowest BCUT2D eigenvalue weighted by molar-refractivity contribution is -0.137. The number of rotatable bonds is 8. The van der Waals surface area contributed by atoms with Gasteiger partial charge >= 0.3 is 6.18 Å². The van der Waals surface area contributed by atoms with Gasteiger partial charge < -0.3 is 16.0 Å². The molecule has 2 amide bonds. The SMILES string of the molecule is CCN(CC)C(=O)CCCC(=O)Nc1cc(CN)cc(C(F)(F)F)c1.Cl. The molecule has 0 aliphatic carbocycles. The third kappa shape index (κ3) is 7.61. The number of amides is 2. The monoisotopic (exact) mass is 395 g/mol. The number of nitrogens with zero attached hydrogens (tertiary/aromatic N) is 1. The average molecular weight is 396 g/mol. The van der Waals surface area contributed by atoms with E-state index in [-0.39, 0.29) is 49.0 Å². The molecule has 5 nitrogen and oxygen atoms in total. The number of carbonyl (C=O) groups is 2. The topological polar surface area (TPSA) is 75.4 Å². The summed E-state index contributed by atoms with van der Waals surface area (Å²) in [6.45, 7) is 4.89. The van der Waals surface area contributed by atoms with Crippen LogP contribution in [0.4, 0.5) is 18.9 Å². The summed E-state index contributed by atoms with van der Waals surface area (Å²) in [5.41, 5.74) is 4.88. The number of carbonyl (C=O) groups excluding carboxylic acids is 2. The second-order valence-corrected chi connectivity index (χ2v) is 5.59. The first-order valence-electron chi connectivity index (χ1n) is 8.20. The number of hydrogen-bond acceptors (Lipinski definition) is 3. The maximum atomic E-state index is 12.9. The third-order valence-corrected chi connectivity index (χ3v) is 3.75. The van der Waals surface area contributed by atoms with Crippen LogP contribution in [0, 0.1) is 0 Å². The van der Waals surface area contributed by atoms with E-state index in [0.717, 1.165) is 12.1 Å². The Morgan fingerprint density at radius 3 is 2.23 bits per heavy atom. The van der Waals surface area contributed by atoms with Gasteiger partial charge in [-0.2, -0.15) is 13.2 Å². The fraction of sp³-hybridized carbons (Fsp3) is 0.529. The number of nitrogens with one attached hydrogen (secondary N) is 1. The zero-order chi connectivity index (χ0) is 19.0. The molecule has 0 atom stereocenters. The molecular formula is C17H25ClF3N3O2. The first-order chi connectivity index (χ1) is 11.7. The number of hydrogen-bond donors (Lipinski definition) is 2. The van der Waals surface area contributed by atoms with Gasteiger partial charge in [-0.25, -0.2) is 0 Å². The van der Waals surface area contributed by atoms with E-state index in [0.29, 0.717) is 19.5 Å². The van der Waals surface area contributed by atoms with E-state index in [9.17, 15) is 22.8 Å². The van der Waals surface area contributed by atoms with Crippen LogP contribution in [0.3, 0.4) is 0 Å². The van der Waals surface area contributed by atoms with Crippen molar-refractivity contribution < 1.29 is 22.8 Å². The van der Waals surface area contributed by atoms with E-state index in [4.69, 9.17) is 5.73 Å². The fourth-order valence-corrected chi connectivity index (χ4v) is 2.40. The minimum Gasteiger partial charge on any atom is -0.343 e. The highest BCUT2D eigenvalue weighted by Gasteiger charge is 2.31. The number of benzene rings is 1. The van der Waals surface area contributed by atoms with Gasteiger partial charge in [0.15, 0.2) is 0 Å². The van der Waals surface area contributed by atoms with Crippen molar-refractivity contribution >= 4 is 29.9 Å². The van der Waals surface area contributed by atoms with Crippen molar-refractivity contribution in [2.75, 3.05) is 18.4 Å². The average Bonchev–Trinajstić information content (AvgIpc) is 2.54. The van der Waals surface area contributed by atoms with E-state index in [1.165, 1.54) is 6.07 Å². The summed E-state index contributed by atoms with van der Waals surface area (Å²) in [6.07, 6.45) is -3.89. The highest BCUT2D eigenvalue weighted by Crippen LogP contribution is 2.32. The third-order valence-electron chi connectivity index (χ3n) is 3.75.